The Morgan fingerprint density at radius 1 is 1.43 bits per heavy atom. The second-order valence-corrected chi connectivity index (χ2v) is 5.78. The van der Waals surface area contributed by atoms with E-state index in [1.54, 1.807) is 0 Å². The Labute approximate surface area is 129 Å². The van der Waals surface area contributed by atoms with E-state index < -0.39 is 6.03 Å². The maximum absolute atomic E-state index is 12.3. The summed E-state index contributed by atoms with van der Waals surface area (Å²) in [6, 6.07) is 7.23. The van der Waals surface area contributed by atoms with Gasteiger partial charge in [0.05, 0.1) is 0 Å². The highest BCUT2D eigenvalue weighted by atomic mass is 35.5. The third-order valence-corrected chi connectivity index (χ3v) is 4.23. The van der Waals surface area contributed by atoms with Crippen LogP contribution in [0.3, 0.4) is 0 Å². The predicted octanol–water partition coefficient (Wildman–Crippen LogP) is 1.88. The third-order valence-electron chi connectivity index (χ3n) is 3.86. The zero-order valence-electron chi connectivity index (χ0n) is 12.1. The van der Waals surface area contributed by atoms with E-state index >= 15 is 0 Å². The van der Waals surface area contributed by atoms with Crippen molar-refractivity contribution in [2.45, 2.75) is 25.3 Å². The molecule has 5 nitrogen and oxygen atoms in total. The van der Waals surface area contributed by atoms with E-state index in [1.807, 2.05) is 29.2 Å². The highest BCUT2D eigenvalue weighted by Gasteiger charge is 2.29. The summed E-state index contributed by atoms with van der Waals surface area (Å²) in [6.45, 7) is 0.745. The first-order valence-electron chi connectivity index (χ1n) is 7.02. The van der Waals surface area contributed by atoms with Gasteiger partial charge in [-0.05, 0) is 30.9 Å². The van der Waals surface area contributed by atoms with Gasteiger partial charge < -0.3 is 15.5 Å². The summed E-state index contributed by atoms with van der Waals surface area (Å²) >= 11 is 6.18. The van der Waals surface area contributed by atoms with Crippen LogP contribution in [0.15, 0.2) is 24.3 Å². The molecule has 1 aliphatic rings. The number of hydrogen-bond donors (Lipinski definition) is 1. The first-order valence-corrected chi connectivity index (χ1v) is 7.40. The lowest BCUT2D eigenvalue weighted by Crippen LogP contribution is -2.45. The second-order valence-electron chi connectivity index (χ2n) is 5.37. The normalized spacial score (nSPS) is 17.8. The number of carbonyl (C=O) groups is 2. The fourth-order valence-corrected chi connectivity index (χ4v) is 2.88. The Hall–Kier alpha value is -1.75. The summed E-state index contributed by atoms with van der Waals surface area (Å²) in [5.41, 5.74) is 6.21. The predicted molar refractivity (Wildman–Crippen MR) is 82.1 cm³/mol. The summed E-state index contributed by atoms with van der Waals surface area (Å²) in [4.78, 5) is 26.4. The van der Waals surface area contributed by atoms with Crippen molar-refractivity contribution < 1.29 is 9.59 Å². The molecule has 2 rings (SSSR count). The Kier molecular flexibility index (Phi) is 5.07. The van der Waals surface area contributed by atoms with Crippen molar-refractivity contribution in [2.75, 3.05) is 20.1 Å². The molecule has 0 aliphatic carbocycles. The number of carbonyl (C=O) groups excluding carboxylic acids is 2. The number of likely N-dealkylation sites (tertiary alicyclic amines) is 1. The van der Waals surface area contributed by atoms with Crippen LogP contribution in [0.2, 0.25) is 5.02 Å². The Bertz CT molecular complexity index is 535. The molecule has 1 aromatic carbocycles. The van der Waals surface area contributed by atoms with Crippen molar-refractivity contribution in [3.8, 4) is 0 Å². The van der Waals surface area contributed by atoms with Crippen molar-refractivity contribution in [2.24, 2.45) is 5.73 Å². The molecule has 0 spiro atoms. The molecular weight excluding hydrogens is 290 g/mol. The van der Waals surface area contributed by atoms with E-state index in [9.17, 15) is 9.59 Å². The molecule has 0 bridgehead atoms. The van der Waals surface area contributed by atoms with Gasteiger partial charge >= 0.3 is 6.03 Å². The van der Waals surface area contributed by atoms with Gasteiger partial charge in [0.15, 0.2) is 0 Å². The van der Waals surface area contributed by atoms with Gasteiger partial charge in [-0.25, -0.2) is 4.79 Å². The van der Waals surface area contributed by atoms with E-state index in [0.717, 1.165) is 36.4 Å². The van der Waals surface area contributed by atoms with Crippen molar-refractivity contribution in [3.05, 3.63) is 34.9 Å². The summed E-state index contributed by atoms with van der Waals surface area (Å²) in [6.07, 6.45) is 2.67. The van der Waals surface area contributed by atoms with Crippen LogP contribution in [0.1, 0.15) is 18.4 Å². The van der Waals surface area contributed by atoms with Crippen LogP contribution >= 0.6 is 11.6 Å². The molecule has 1 aliphatic heterocycles. The Balaban J connectivity index is 2.02. The monoisotopic (exact) mass is 309 g/mol. The number of primary amides is 1. The third kappa shape index (κ3) is 3.88. The average molecular weight is 310 g/mol. The lowest BCUT2D eigenvalue weighted by molar-refractivity contribution is -0.132. The molecule has 1 heterocycles. The van der Waals surface area contributed by atoms with E-state index in [4.69, 9.17) is 17.3 Å². The fourth-order valence-electron chi connectivity index (χ4n) is 2.67. The van der Waals surface area contributed by atoms with Crippen molar-refractivity contribution in [3.63, 3.8) is 0 Å². The number of benzene rings is 1. The van der Waals surface area contributed by atoms with Crippen LogP contribution in [0, 0.1) is 0 Å². The Morgan fingerprint density at radius 2 is 2.14 bits per heavy atom. The molecule has 0 radical (unpaired) electrons. The highest BCUT2D eigenvalue weighted by Crippen LogP contribution is 2.24. The van der Waals surface area contributed by atoms with Gasteiger partial charge in [-0.15, -0.1) is 0 Å². The molecule has 1 aromatic rings. The smallest absolute Gasteiger partial charge is 0.314 e. The largest absolute Gasteiger partial charge is 0.351 e. The first kappa shape index (κ1) is 15.6. The quantitative estimate of drug-likeness (QED) is 0.923. The molecule has 21 heavy (non-hydrogen) atoms. The van der Waals surface area contributed by atoms with Crippen LogP contribution in [0.5, 0.6) is 0 Å². The van der Waals surface area contributed by atoms with E-state index in [2.05, 4.69) is 0 Å². The molecular formula is C15H20ClN3O2. The molecule has 0 aromatic heterocycles. The summed E-state index contributed by atoms with van der Waals surface area (Å²) in [5.74, 6) is -0.0640. The van der Waals surface area contributed by atoms with Crippen molar-refractivity contribution in [1.29, 1.82) is 0 Å². The highest BCUT2D eigenvalue weighted by molar-refractivity contribution is 6.31. The fraction of sp³-hybridized carbons (Fsp3) is 0.467. The Morgan fingerprint density at radius 3 is 2.81 bits per heavy atom. The van der Waals surface area contributed by atoms with Crippen molar-refractivity contribution in [1.82, 2.24) is 9.80 Å². The van der Waals surface area contributed by atoms with Crippen LogP contribution in [-0.2, 0) is 11.2 Å². The molecule has 0 unspecified atom stereocenters. The molecule has 114 valence electrons. The van der Waals surface area contributed by atoms with Gasteiger partial charge in [0, 0.05) is 24.7 Å². The van der Waals surface area contributed by atoms with Gasteiger partial charge in [0.2, 0.25) is 5.91 Å². The summed E-state index contributed by atoms with van der Waals surface area (Å²) in [7, 11) is 1.53. The maximum atomic E-state index is 12.3. The standard InChI is InChI=1S/C15H20ClN3O2/c1-18(15(17)21)10-14(20)19-8-4-6-12(19)9-11-5-2-3-7-13(11)16/h2-3,5,7,12H,4,6,8-10H2,1H3,(H2,17,21)/t12-/m1/s1. The van der Waals surface area contributed by atoms with E-state index in [-0.39, 0.29) is 18.5 Å². The molecule has 3 amide bonds. The van der Waals surface area contributed by atoms with Gasteiger partial charge in [0.25, 0.3) is 0 Å². The van der Waals surface area contributed by atoms with Gasteiger partial charge in [0.1, 0.15) is 6.54 Å². The minimum atomic E-state index is -0.592. The van der Waals surface area contributed by atoms with Gasteiger partial charge in [-0.2, -0.15) is 0 Å². The molecule has 2 N–H and O–H groups in total. The summed E-state index contributed by atoms with van der Waals surface area (Å²) in [5, 5.41) is 0.728. The molecule has 1 atom stereocenters. The lowest BCUT2D eigenvalue weighted by Gasteiger charge is -2.27. The second kappa shape index (κ2) is 6.80. The molecule has 1 fully saturated rings. The number of halogens is 1. The topological polar surface area (TPSA) is 66.6 Å². The van der Waals surface area contributed by atoms with Crippen LogP contribution < -0.4 is 5.73 Å². The van der Waals surface area contributed by atoms with Crippen LogP contribution in [0.4, 0.5) is 4.79 Å². The molecule has 6 heteroatoms. The van der Waals surface area contributed by atoms with Gasteiger partial charge in [-0.3, -0.25) is 4.79 Å². The van der Waals surface area contributed by atoms with E-state index in [0.29, 0.717) is 0 Å². The SMILES string of the molecule is CN(CC(=O)N1CCC[C@@H]1Cc1ccccc1Cl)C(N)=O. The maximum Gasteiger partial charge on any atom is 0.314 e. The summed E-state index contributed by atoms with van der Waals surface area (Å²) < 4.78 is 0. The zero-order valence-corrected chi connectivity index (χ0v) is 12.8. The van der Waals surface area contributed by atoms with Gasteiger partial charge in [-0.1, -0.05) is 29.8 Å². The number of hydrogen-bond acceptors (Lipinski definition) is 2. The number of urea groups is 1. The zero-order chi connectivity index (χ0) is 15.4. The number of amides is 3. The number of nitrogens with two attached hydrogens (primary N) is 1. The van der Waals surface area contributed by atoms with Crippen molar-refractivity contribution >= 4 is 23.5 Å². The van der Waals surface area contributed by atoms with Crippen LogP contribution in [-0.4, -0.2) is 47.9 Å². The lowest BCUT2D eigenvalue weighted by atomic mass is 10.0. The minimum absolute atomic E-state index is 0.0222. The number of likely N-dealkylation sites (N-methyl/N-ethyl adjacent to an activating group) is 1. The van der Waals surface area contributed by atoms with Crippen LogP contribution in [0.25, 0.3) is 0 Å². The molecule has 1 saturated heterocycles. The number of rotatable bonds is 4. The molecule has 0 saturated carbocycles. The minimum Gasteiger partial charge on any atom is -0.351 e. The first-order chi connectivity index (χ1) is 9.99. The number of nitrogens with zero attached hydrogens (tertiary/aromatic N) is 2. The average Bonchev–Trinajstić information content (AvgIpc) is 2.89. The van der Waals surface area contributed by atoms with E-state index in [1.165, 1.54) is 11.9 Å².